The second-order valence-corrected chi connectivity index (χ2v) is 7.33. The summed E-state index contributed by atoms with van der Waals surface area (Å²) < 4.78 is 1.14. The second kappa shape index (κ2) is 9.10. The van der Waals surface area contributed by atoms with E-state index in [0.29, 0.717) is 22.0 Å². The molecule has 3 rings (SSSR count). The van der Waals surface area contributed by atoms with E-state index in [-0.39, 0.29) is 31.7 Å². The van der Waals surface area contributed by atoms with E-state index in [1.54, 1.807) is 37.3 Å². The van der Waals surface area contributed by atoms with Gasteiger partial charge < -0.3 is 20.4 Å². The van der Waals surface area contributed by atoms with Gasteiger partial charge in [0.1, 0.15) is 5.56 Å². The van der Waals surface area contributed by atoms with E-state index >= 15 is 0 Å². The highest BCUT2D eigenvalue weighted by molar-refractivity contribution is 6.30. The van der Waals surface area contributed by atoms with Crippen LogP contribution >= 0.6 is 11.6 Å². The highest BCUT2D eigenvalue weighted by Gasteiger charge is 2.22. The second-order valence-electron chi connectivity index (χ2n) is 6.90. The standard InChI is InChI=1S/C20H21ClN4O5/c1-12(11-26)22-18(27)16-10-17(13-2-4-14(21)5-3-13)23-25(19(16)28)15-6-8-24(9-7-15)20(29)30/h2-6,10,12,26H,7-9,11H2,1H3,(H,22,27)(H,29,30). The maximum atomic E-state index is 13.0. The van der Waals surface area contributed by atoms with Crippen molar-refractivity contribution in [2.75, 3.05) is 19.7 Å². The minimum Gasteiger partial charge on any atom is -0.465 e. The molecule has 1 aliphatic heterocycles. The van der Waals surface area contributed by atoms with Gasteiger partial charge in [-0.05, 0) is 31.2 Å². The molecular formula is C20H21ClN4O5. The fourth-order valence-corrected chi connectivity index (χ4v) is 3.11. The van der Waals surface area contributed by atoms with Crippen LogP contribution in [0.2, 0.25) is 5.02 Å². The van der Waals surface area contributed by atoms with Gasteiger partial charge in [0.05, 0.1) is 12.3 Å². The first kappa shape index (κ1) is 21.5. The molecule has 0 saturated carbocycles. The lowest BCUT2D eigenvalue weighted by Gasteiger charge is -2.24. The maximum Gasteiger partial charge on any atom is 0.407 e. The molecule has 1 aromatic heterocycles. The Bertz CT molecular complexity index is 1050. The lowest BCUT2D eigenvalue weighted by molar-refractivity contribution is 0.0920. The van der Waals surface area contributed by atoms with Crippen LogP contribution in [0.4, 0.5) is 4.79 Å². The number of aliphatic hydroxyl groups is 1. The Hall–Kier alpha value is -3.17. The number of carbonyl (C=O) groups is 2. The molecule has 0 saturated heterocycles. The third-order valence-electron chi connectivity index (χ3n) is 4.68. The zero-order chi connectivity index (χ0) is 21.8. The first-order valence-corrected chi connectivity index (χ1v) is 9.67. The molecule has 30 heavy (non-hydrogen) atoms. The smallest absolute Gasteiger partial charge is 0.407 e. The summed E-state index contributed by atoms with van der Waals surface area (Å²) in [7, 11) is 0. The molecule has 9 nitrogen and oxygen atoms in total. The summed E-state index contributed by atoms with van der Waals surface area (Å²) in [6.07, 6.45) is 0.839. The minimum absolute atomic E-state index is 0.118. The molecule has 10 heteroatoms. The summed E-state index contributed by atoms with van der Waals surface area (Å²) in [4.78, 5) is 38.0. The Balaban J connectivity index is 2.09. The molecule has 1 aromatic carbocycles. The van der Waals surface area contributed by atoms with Crippen molar-refractivity contribution in [3.63, 3.8) is 0 Å². The summed E-state index contributed by atoms with van der Waals surface area (Å²) in [5, 5.41) is 25.8. The predicted octanol–water partition coefficient (Wildman–Crippen LogP) is 1.90. The van der Waals surface area contributed by atoms with Crippen molar-refractivity contribution in [3.05, 3.63) is 57.3 Å². The topological polar surface area (TPSA) is 125 Å². The molecule has 2 amide bonds. The van der Waals surface area contributed by atoms with E-state index in [2.05, 4.69) is 10.4 Å². The number of rotatable bonds is 5. The molecule has 2 heterocycles. The van der Waals surface area contributed by atoms with E-state index in [1.807, 2.05) is 0 Å². The van der Waals surface area contributed by atoms with E-state index in [4.69, 9.17) is 16.7 Å². The first-order chi connectivity index (χ1) is 14.3. The Morgan fingerprint density at radius 3 is 2.57 bits per heavy atom. The number of hydrogen-bond donors (Lipinski definition) is 3. The van der Waals surface area contributed by atoms with Crippen LogP contribution in [0.15, 0.2) is 41.2 Å². The molecule has 0 fully saturated rings. The number of hydrogen-bond acceptors (Lipinski definition) is 5. The van der Waals surface area contributed by atoms with Gasteiger partial charge in [-0.1, -0.05) is 23.7 Å². The van der Waals surface area contributed by atoms with E-state index in [9.17, 15) is 19.5 Å². The number of halogens is 1. The number of carboxylic acid groups (broad SMARTS) is 1. The quantitative estimate of drug-likeness (QED) is 0.662. The Morgan fingerprint density at radius 2 is 2.00 bits per heavy atom. The molecule has 0 spiro atoms. The number of aliphatic hydroxyl groups excluding tert-OH is 1. The van der Waals surface area contributed by atoms with Gasteiger partial charge in [-0.3, -0.25) is 9.59 Å². The highest BCUT2D eigenvalue weighted by atomic mass is 35.5. The number of aromatic nitrogens is 2. The number of nitrogens with zero attached hydrogens (tertiary/aromatic N) is 3. The molecule has 1 unspecified atom stereocenters. The van der Waals surface area contributed by atoms with Crippen molar-refractivity contribution < 1.29 is 19.8 Å². The molecule has 0 bridgehead atoms. The minimum atomic E-state index is -1.04. The first-order valence-electron chi connectivity index (χ1n) is 9.29. The number of nitrogens with one attached hydrogen (secondary N) is 1. The van der Waals surface area contributed by atoms with Crippen LogP contribution in [0.25, 0.3) is 17.0 Å². The number of benzene rings is 1. The summed E-state index contributed by atoms with van der Waals surface area (Å²) >= 11 is 5.95. The molecule has 2 aromatic rings. The summed E-state index contributed by atoms with van der Waals surface area (Å²) in [6.45, 7) is 1.67. The van der Waals surface area contributed by atoms with Crippen molar-refractivity contribution in [2.45, 2.75) is 19.4 Å². The van der Waals surface area contributed by atoms with Gasteiger partial charge in [0.15, 0.2) is 0 Å². The fourth-order valence-electron chi connectivity index (χ4n) is 2.99. The van der Waals surface area contributed by atoms with E-state index < -0.39 is 23.6 Å². The van der Waals surface area contributed by atoms with Gasteiger partial charge in [0.25, 0.3) is 11.5 Å². The van der Waals surface area contributed by atoms with Crippen LogP contribution < -0.4 is 10.9 Å². The van der Waals surface area contributed by atoms with Gasteiger partial charge in [-0.2, -0.15) is 5.10 Å². The third-order valence-corrected chi connectivity index (χ3v) is 4.93. The predicted molar refractivity (Wildman–Crippen MR) is 111 cm³/mol. The maximum absolute atomic E-state index is 13.0. The normalized spacial score (nSPS) is 14.8. The van der Waals surface area contributed by atoms with Crippen molar-refractivity contribution >= 4 is 29.3 Å². The van der Waals surface area contributed by atoms with Crippen LogP contribution in [-0.2, 0) is 0 Å². The van der Waals surface area contributed by atoms with Crippen LogP contribution in [0.5, 0.6) is 0 Å². The van der Waals surface area contributed by atoms with Gasteiger partial charge in [-0.15, -0.1) is 0 Å². The highest BCUT2D eigenvalue weighted by Crippen LogP contribution is 2.21. The summed E-state index contributed by atoms with van der Waals surface area (Å²) in [5.74, 6) is -0.628. The molecular weight excluding hydrogens is 412 g/mol. The van der Waals surface area contributed by atoms with Crippen LogP contribution in [0, 0.1) is 0 Å². The van der Waals surface area contributed by atoms with Gasteiger partial charge in [0.2, 0.25) is 0 Å². The Kier molecular flexibility index (Phi) is 6.53. The van der Waals surface area contributed by atoms with Crippen molar-refractivity contribution in [1.29, 1.82) is 0 Å². The Morgan fingerprint density at radius 1 is 1.30 bits per heavy atom. The molecule has 158 valence electrons. The van der Waals surface area contributed by atoms with Crippen LogP contribution in [0.1, 0.15) is 23.7 Å². The monoisotopic (exact) mass is 432 g/mol. The van der Waals surface area contributed by atoms with Crippen molar-refractivity contribution in [1.82, 2.24) is 20.0 Å². The van der Waals surface area contributed by atoms with Crippen molar-refractivity contribution in [2.24, 2.45) is 0 Å². The van der Waals surface area contributed by atoms with Crippen LogP contribution in [0.3, 0.4) is 0 Å². The van der Waals surface area contributed by atoms with Crippen molar-refractivity contribution in [3.8, 4) is 11.3 Å². The van der Waals surface area contributed by atoms with E-state index in [0.717, 1.165) is 4.68 Å². The molecule has 0 radical (unpaired) electrons. The number of carbonyl (C=O) groups excluding carboxylic acids is 1. The van der Waals surface area contributed by atoms with Gasteiger partial charge in [0, 0.05) is 41.8 Å². The fraction of sp³-hybridized carbons (Fsp3) is 0.300. The third kappa shape index (κ3) is 4.69. The SMILES string of the molecule is CC(CO)NC(=O)c1cc(-c2ccc(Cl)cc2)nn(C2=CCN(C(=O)O)CC2)c1=O. The Labute approximate surface area is 177 Å². The summed E-state index contributed by atoms with van der Waals surface area (Å²) in [6, 6.07) is 7.65. The largest absolute Gasteiger partial charge is 0.465 e. The van der Waals surface area contributed by atoms with E-state index in [1.165, 1.54) is 11.0 Å². The molecule has 3 N–H and O–H groups in total. The van der Waals surface area contributed by atoms with Gasteiger partial charge >= 0.3 is 6.09 Å². The zero-order valence-electron chi connectivity index (χ0n) is 16.2. The lowest BCUT2D eigenvalue weighted by atomic mass is 10.1. The van der Waals surface area contributed by atoms with Gasteiger partial charge in [-0.25, -0.2) is 9.48 Å². The average Bonchev–Trinajstić information content (AvgIpc) is 2.74. The zero-order valence-corrected chi connectivity index (χ0v) is 17.0. The number of amides is 2. The van der Waals surface area contributed by atoms with Crippen LogP contribution in [-0.4, -0.2) is 62.6 Å². The summed E-state index contributed by atoms with van der Waals surface area (Å²) in [5.41, 5.74) is 0.801. The average molecular weight is 433 g/mol. The lowest BCUT2D eigenvalue weighted by Crippen LogP contribution is -2.40. The molecule has 1 aliphatic rings. The molecule has 1 atom stereocenters. The molecule has 0 aliphatic carbocycles.